The van der Waals surface area contributed by atoms with Crippen LogP contribution in [0.4, 0.5) is 10.5 Å². The average Bonchev–Trinajstić information content (AvgIpc) is 2.74. The molecule has 1 spiro atoms. The predicted octanol–water partition coefficient (Wildman–Crippen LogP) is 3.83. The Bertz CT molecular complexity index is 858. The lowest BCUT2D eigenvalue weighted by atomic mass is 9.72. The Morgan fingerprint density at radius 1 is 1.14 bits per heavy atom. The van der Waals surface area contributed by atoms with Crippen molar-refractivity contribution in [1.29, 1.82) is 0 Å². The highest BCUT2D eigenvalue weighted by Gasteiger charge is 2.41. The zero-order chi connectivity index (χ0) is 20.3. The van der Waals surface area contributed by atoms with Crippen LogP contribution >= 0.6 is 0 Å². The van der Waals surface area contributed by atoms with Crippen molar-refractivity contribution in [2.75, 3.05) is 25.0 Å². The number of carbonyl (C=O) groups is 2. The fourth-order valence-electron chi connectivity index (χ4n) is 4.39. The van der Waals surface area contributed by atoms with E-state index >= 15 is 0 Å². The first-order valence-corrected chi connectivity index (χ1v) is 10.3. The topological polar surface area (TPSA) is 65.5 Å². The third-order valence-electron chi connectivity index (χ3n) is 6.26. The molecule has 152 valence electrons. The lowest BCUT2D eigenvalue weighted by Gasteiger charge is -2.47. The van der Waals surface area contributed by atoms with E-state index in [1.807, 2.05) is 59.3 Å². The molecule has 0 atom stereocenters. The quantitative estimate of drug-likeness (QED) is 0.863. The number of urea groups is 1. The summed E-state index contributed by atoms with van der Waals surface area (Å²) in [4.78, 5) is 33.1. The second kappa shape index (κ2) is 8.23. The van der Waals surface area contributed by atoms with Crippen molar-refractivity contribution in [3.05, 3.63) is 59.9 Å². The van der Waals surface area contributed by atoms with Crippen LogP contribution in [0.1, 0.15) is 36.8 Å². The Labute approximate surface area is 171 Å². The summed E-state index contributed by atoms with van der Waals surface area (Å²) >= 11 is 0. The number of benzene rings is 1. The lowest BCUT2D eigenvalue weighted by molar-refractivity contribution is -0.139. The molecule has 2 saturated heterocycles. The summed E-state index contributed by atoms with van der Waals surface area (Å²) in [5, 5.41) is 2.99. The molecule has 2 aliphatic heterocycles. The van der Waals surface area contributed by atoms with Gasteiger partial charge in [-0.2, -0.15) is 0 Å². The monoisotopic (exact) mass is 392 g/mol. The van der Waals surface area contributed by atoms with Crippen LogP contribution in [0.25, 0.3) is 0 Å². The predicted molar refractivity (Wildman–Crippen MR) is 112 cm³/mol. The van der Waals surface area contributed by atoms with E-state index in [2.05, 4.69) is 10.3 Å². The van der Waals surface area contributed by atoms with Gasteiger partial charge in [0.1, 0.15) is 0 Å². The van der Waals surface area contributed by atoms with Gasteiger partial charge in [0.25, 0.3) is 0 Å². The normalized spacial score (nSPS) is 18.7. The molecule has 0 bridgehead atoms. The van der Waals surface area contributed by atoms with Crippen LogP contribution in [0.15, 0.2) is 48.8 Å². The lowest BCUT2D eigenvalue weighted by Crippen LogP contribution is -2.52. The van der Waals surface area contributed by atoms with Gasteiger partial charge in [-0.25, -0.2) is 4.79 Å². The molecule has 2 aromatic rings. The molecule has 1 aromatic heterocycles. The van der Waals surface area contributed by atoms with Crippen molar-refractivity contribution >= 4 is 17.6 Å². The molecule has 3 amide bonds. The summed E-state index contributed by atoms with van der Waals surface area (Å²) in [6, 6.07) is 11.7. The van der Waals surface area contributed by atoms with Gasteiger partial charge < -0.3 is 15.1 Å². The number of carbonyl (C=O) groups excluding carboxylic acids is 2. The first-order chi connectivity index (χ1) is 14.0. The number of hydrogen-bond donors (Lipinski definition) is 1. The van der Waals surface area contributed by atoms with E-state index in [0.717, 1.165) is 50.1 Å². The van der Waals surface area contributed by atoms with Gasteiger partial charge >= 0.3 is 6.03 Å². The first-order valence-electron chi connectivity index (χ1n) is 10.3. The van der Waals surface area contributed by atoms with Crippen molar-refractivity contribution in [3.63, 3.8) is 0 Å². The SMILES string of the molecule is Cc1ccc(NC(=O)N2CCC3(CCC(=O)N(Cc4cccnc4)C3)CC2)cc1. The summed E-state index contributed by atoms with van der Waals surface area (Å²) in [6.45, 7) is 4.88. The van der Waals surface area contributed by atoms with E-state index in [4.69, 9.17) is 0 Å². The van der Waals surface area contributed by atoms with Gasteiger partial charge in [-0.1, -0.05) is 23.8 Å². The molecule has 0 unspecified atom stereocenters. The van der Waals surface area contributed by atoms with Gasteiger partial charge in [-0.05, 0) is 55.4 Å². The zero-order valence-electron chi connectivity index (χ0n) is 16.9. The minimum absolute atomic E-state index is 0.0391. The fraction of sp³-hybridized carbons (Fsp3) is 0.435. The minimum atomic E-state index is -0.0391. The molecule has 0 radical (unpaired) electrons. The number of hydrogen-bond acceptors (Lipinski definition) is 3. The molecule has 1 N–H and O–H groups in total. The van der Waals surface area contributed by atoms with Crippen LogP contribution in [0.3, 0.4) is 0 Å². The molecule has 0 aliphatic carbocycles. The maximum absolute atomic E-state index is 12.6. The summed E-state index contributed by atoms with van der Waals surface area (Å²) in [5.41, 5.74) is 3.18. The van der Waals surface area contributed by atoms with Gasteiger partial charge in [0.2, 0.25) is 5.91 Å². The summed E-state index contributed by atoms with van der Waals surface area (Å²) < 4.78 is 0. The zero-order valence-corrected chi connectivity index (χ0v) is 16.9. The van der Waals surface area contributed by atoms with Gasteiger partial charge in [0, 0.05) is 50.7 Å². The highest BCUT2D eigenvalue weighted by molar-refractivity contribution is 5.89. The summed E-state index contributed by atoms with van der Waals surface area (Å²) in [5.74, 6) is 0.221. The van der Waals surface area contributed by atoms with Crippen LogP contribution in [0.2, 0.25) is 0 Å². The van der Waals surface area contributed by atoms with Gasteiger partial charge in [0.15, 0.2) is 0 Å². The molecule has 2 fully saturated rings. The second-order valence-corrected chi connectivity index (χ2v) is 8.39. The number of piperidine rings is 2. The van der Waals surface area contributed by atoms with Crippen LogP contribution in [-0.4, -0.2) is 46.4 Å². The highest BCUT2D eigenvalue weighted by atomic mass is 16.2. The number of anilines is 1. The Morgan fingerprint density at radius 3 is 2.59 bits per heavy atom. The Morgan fingerprint density at radius 2 is 1.90 bits per heavy atom. The molecule has 2 aliphatic rings. The maximum Gasteiger partial charge on any atom is 0.321 e. The summed E-state index contributed by atoms with van der Waals surface area (Å²) in [6.07, 6.45) is 6.96. The minimum Gasteiger partial charge on any atom is -0.338 e. The van der Waals surface area contributed by atoms with Gasteiger partial charge in [0.05, 0.1) is 0 Å². The standard InChI is InChI=1S/C23H28N4O2/c1-18-4-6-20(7-5-18)25-22(29)26-13-10-23(11-14-26)9-8-21(28)27(17-23)16-19-3-2-12-24-15-19/h2-7,12,15H,8-11,13-14,16-17H2,1H3,(H,25,29). The first kappa shape index (κ1) is 19.4. The van der Waals surface area contributed by atoms with Crippen LogP contribution in [0, 0.1) is 12.3 Å². The number of aromatic nitrogens is 1. The molecule has 3 heterocycles. The highest BCUT2D eigenvalue weighted by Crippen LogP contribution is 2.40. The molecular weight excluding hydrogens is 364 g/mol. The number of nitrogens with zero attached hydrogens (tertiary/aromatic N) is 3. The molecule has 0 saturated carbocycles. The molecule has 1 aromatic carbocycles. The van der Waals surface area contributed by atoms with Crippen molar-refractivity contribution in [2.45, 2.75) is 39.2 Å². The number of rotatable bonds is 3. The maximum atomic E-state index is 12.6. The second-order valence-electron chi connectivity index (χ2n) is 8.39. The van der Waals surface area contributed by atoms with E-state index in [0.29, 0.717) is 13.0 Å². The van der Waals surface area contributed by atoms with E-state index in [9.17, 15) is 9.59 Å². The summed E-state index contributed by atoms with van der Waals surface area (Å²) in [7, 11) is 0. The third-order valence-corrected chi connectivity index (χ3v) is 6.26. The number of aryl methyl sites for hydroxylation is 1. The van der Waals surface area contributed by atoms with Crippen molar-refractivity contribution < 1.29 is 9.59 Å². The van der Waals surface area contributed by atoms with E-state index in [1.165, 1.54) is 5.56 Å². The number of likely N-dealkylation sites (tertiary alicyclic amines) is 2. The number of pyridine rings is 1. The largest absolute Gasteiger partial charge is 0.338 e. The average molecular weight is 393 g/mol. The van der Waals surface area contributed by atoms with Crippen molar-refractivity contribution in [2.24, 2.45) is 5.41 Å². The van der Waals surface area contributed by atoms with Crippen molar-refractivity contribution in [3.8, 4) is 0 Å². The third kappa shape index (κ3) is 4.58. The van der Waals surface area contributed by atoms with E-state index < -0.39 is 0 Å². The Kier molecular flexibility index (Phi) is 5.51. The van der Waals surface area contributed by atoms with Crippen LogP contribution in [0.5, 0.6) is 0 Å². The van der Waals surface area contributed by atoms with Crippen molar-refractivity contribution in [1.82, 2.24) is 14.8 Å². The van der Waals surface area contributed by atoms with Crippen LogP contribution in [-0.2, 0) is 11.3 Å². The van der Waals surface area contributed by atoms with Crippen LogP contribution < -0.4 is 5.32 Å². The molecule has 6 nitrogen and oxygen atoms in total. The van der Waals surface area contributed by atoms with E-state index in [-0.39, 0.29) is 17.4 Å². The number of nitrogens with one attached hydrogen (secondary N) is 1. The fourth-order valence-corrected chi connectivity index (χ4v) is 4.39. The molecule has 29 heavy (non-hydrogen) atoms. The van der Waals surface area contributed by atoms with Gasteiger partial charge in [-0.3, -0.25) is 9.78 Å². The Hall–Kier alpha value is -2.89. The smallest absolute Gasteiger partial charge is 0.321 e. The molecular formula is C23H28N4O2. The number of amides is 3. The van der Waals surface area contributed by atoms with E-state index in [1.54, 1.807) is 6.20 Å². The molecule has 6 heteroatoms. The Balaban J connectivity index is 1.34. The van der Waals surface area contributed by atoms with Gasteiger partial charge in [-0.15, -0.1) is 0 Å². The molecule has 4 rings (SSSR count).